The van der Waals surface area contributed by atoms with Gasteiger partial charge in [0.15, 0.2) is 0 Å². The lowest BCUT2D eigenvalue weighted by Gasteiger charge is -2.31. The van der Waals surface area contributed by atoms with Gasteiger partial charge in [-0.05, 0) is 47.1 Å². The Morgan fingerprint density at radius 3 is 2.04 bits per heavy atom. The number of ether oxygens (including phenoxy) is 2. The summed E-state index contributed by atoms with van der Waals surface area (Å²) in [7, 11) is 0. The molecule has 0 saturated heterocycles. The third-order valence-corrected chi connectivity index (χ3v) is 2.98. The second kappa shape index (κ2) is 8.69. The van der Waals surface area contributed by atoms with Crippen LogP contribution in [0.3, 0.4) is 0 Å². The van der Waals surface area contributed by atoms with Gasteiger partial charge in [0.25, 0.3) is 0 Å². The molecule has 0 saturated carbocycles. The minimum atomic E-state index is -0.945. The molecule has 0 heterocycles. The maximum atomic E-state index is 12.5. The lowest BCUT2D eigenvalue weighted by Crippen LogP contribution is -2.55. The summed E-state index contributed by atoms with van der Waals surface area (Å²) in [6.07, 6.45) is -0.868. The quantitative estimate of drug-likeness (QED) is 0.653. The monoisotopic (exact) mass is 364 g/mol. The standard InChI is InChI=1S/C19H28N2O5/c1-18(2,3)25-16(23)20-21(17(24)26-19(4,5)6)15(13-22)12-14-10-8-7-9-11-14/h7-11,13,15H,12H2,1-6H3,(H,20,23)/t15-/m1/s1. The molecule has 0 aromatic heterocycles. The summed E-state index contributed by atoms with van der Waals surface area (Å²) in [5.74, 6) is 0. The van der Waals surface area contributed by atoms with Crippen LogP contribution >= 0.6 is 0 Å². The van der Waals surface area contributed by atoms with Crippen LogP contribution in [0.4, 0.5) is 9.59 Å². The molecule has 2 amide bonds. The van der Waals surface area contributed by atoms with Gasteiger partial charge in [-0.15, -0.1) is 0 Å². The first-order valence-corrected chi connectivity index (χ1v) is 8.42. The molecule has 1 aromatic carbocycles. The first kappa shape index (κ1) is 21.5. The highest BCUT2D eigenvalue weighted by atomic mass is 16.6. The zero-order valence-electron chi connectivity index (χ0n) is 16.2. The Labute approximate surface area is 154 Å². The van der Waals surface area contributed by atoms with Crippen LogP contribution in [0.1, 0.15) is 47.1 Å². The summed E-state index contributed by atoms with van der Waals surface area (Å²) in [6, 6.07) is 8.23. The molecule has 0 spiro atoms. The summed E-state index contributed by atoms with van der Waals surface area (Å²) < 4.78 is 10.5. The van der Waals surface area contributed by atoms with Crippen LogP contribution in [0.15, 0.2) is 30.3 Å². The number of rotatable bonds is 4. The van der Waals surface area contributed by atoms with E-state index in [1.807, 2.05) is 30.3 Å². The number of nitrogens with one attached hydrogen (secondary N) is 1. The second-order valence-corrected chi connectivity index (χ2v) is 7.86. The number of aldehydes is 1. The van der Waals surface area contributed by atoms with Crippen molar-refractivity contribution >= 4 is 18.5 Å². The van der Waals surface area contributed by atoms with E-state index in [0.717, 1.165) is 10.6 Å². The number of hydrogen-bond donors (Lipinski definition) is 1. The normalized spacial score (nSPS) is 12.7. The van der Waals surface area contributed by atoms with Crippen LogP contribution in [0, 0.1) is 0 Å². The zero-order valence-corrected chi connectivity index (χ0v) is 16.2. The third-order valence-electron chi connectivity index (χ3n) is 2.98. The molecule has 0 aliphatic heterocycles. The second-order valence-electron chi connectivity index (χ2n) is 7.86. The van der Waals surface area contributed by atoms with Gasteiger partial charge in [-0.1, -0.05) is 30.3 Å². The van der Waals surface area contributed by atoms with E-state index in [1.54, 1.807) is 41.5 Å². The molecule has 1 atom stereocenters. The van der Waals surface area contributed by atoms with E-state index in [1.165, 1.54) is 0 Å². The summed E-state index contributed by atoms with van der Waals surface area (Å²) in [5.41, 5.74) is 1.63. The molecule has 1 rings (SSSR count). The van der Waals surface area contributed by atoms with Crippen LogP contribution in [0.25, 0.3) is 0 Å². The molecule has 7 nitrogen and oxygen atoms in total. The van der Waals surface area contributed by atoms with Crippen molar-refractivity contribution in [2.75, 3.05) is 0 Å². The fraction of sp³-hybridized carbons (Fsp3) is 0.526. The average molecular weight is 364 g/mol. The van der Waals surface area contributed by atoms with E-state index < -0.39 is 29.4 Å². The lowest BCUT2D eigenvalue weighted by atomic mass is 10.1. The van der Waals surface area contributed by atoms with Gasteiger partial charge in [0.1, 0.15) is 23.5 Å². The van der Waals surface area contributed by atoms with E-state index in [9.17, 15) is 14.4 Å². The Morgan fingerprint density at radius 2 is 1.58 bits per heavy atom. The SMILES string of the molecule is CC(C)(C)OC(=O)NN(C(=O)OC(C)(C)C)[C@@H](C=O)Cc1ccccc1. The summed E-state index contributed by atoms with van der Waals surface area (Å²) in [4.78, 5) is 36.3. The van der Waals surface area contributed by atoms with Crippen LogP contribution < -0.4 is 5.43 Å². The molecular formula is C19H28N2O5. The van der Waals surface area contributed by atoms with Crippen molar-refractivity contribution in [3.63, 3.8) is 0 Å². The number of benzene rings is 1. The van der Waals surface area contributed by atoms with Crippen LogP contribution in [-0.4, -0.2) is 40.7 Å². The maximum absolute atomic E-state index is 12.5. The van der Waals surface area contributed by atoms with Crippen molar-refractivity contribution in [2.45, 2.75) is 65.2 Å². The number of carbonyl (C=O) groups excluding carboxylic acids is 3. The Balaban J connectivity index is 3.01. The highest BCUT2D eigenvalue weighted by Crippen LogP contribution is 2.14. The molecule has 0 fully saturated rings. The van der Waals surface area contributed by atoms with Gasteiger partial charge in [-0.2, -0.15) is 0 Å². The fourth-order valence-electron chi connectivity index (χ4n) is 2.03. The van der Waals surface area contributed by atoms with Crippen molar-refractivity contribution < 1.29 is 23.9 Å². The van der Waals surface area contributed by atoms with E-state index in [0.29, 0.717) is 6.29 Å². The molecule has 1 aromatic rings. The molecule has 0 bridgehead atoms. The highest BCUT2D eigenvalue weighted by molar-refractivity contribution is 5.78. The molecule has 0 unspecified atom stereocenters. The van der Waals surface area contributed by atoms with Crippen LogP contribution in [0.2, 0.25) is 0 Å². The number of nitrogens with zero attached hydrogens (tertiary/aromatic N) is 1. The molecule has 0 aliphatic rings. The predicted octanol–water partition coefficient (Wildman–Crippen LogP) is 3.47. The average Bonchev–Trinajstić information content (AvgIpc) is 2.48. The Kier molecular flexibility index (Phi) is 7.18. The van der Waals surface area contributed by atoms with Crippen LogP contribution in [-0.2, 0) is 20.7 Å². The van der Waals surface area contributed by atoms with Crippen molar-refractivity contribution in [1.82, 2.24) is 10.4 Å². The molecule has 0 aliphatic carbocycles. The van der Waals surface area contributed by atoms with Gasteiger partial charge in [0, 0.05) is 6.42 Å². The highest BCUT2D eigenvalue weighted by Gasteiger charge is 2.31. The topological polar surface area (TPSA) is 84.9 Å². The van der Waals surface area contributed by atoms with Gasteiger partial charge in [-0.3, -0.25) is 0 Å². The molecule has 0 radical (unpaired) electrons. The van der Waals surface area contributed by atoms with Crippen molar-refractivity contribution in [3.05, 3.63) is 35.9 Å². The zero-order chi connectivity index (χ0) is 20.0. The van der Waals surface area contributed by atoms with Crippen LogP contribution in [0.5, 0.6) is 0 Å². The lowest BCUT2D eigenvalue weighted by molar-refractivity contribution is -0.113. The number of carbonyl (C=O) groups is 3. The number of amides is 2. The van der Waals surface area contributed by atoms with Crippen molar-refractivity contribution in [3.8, 4) is 0 Å². The first-order valence-electron chi connectivity index (χ1n) is 8.42. The van der Waals surface area contributed by atoms with E-state index in [2.05, 4.69) is 5.43 Å². The van der Waals surface area contributed by atoms with Gasteiger partial charge in [0.05, 0.1) is 0 Å². The predicted molar refractivity (Wildman–Crippen MR) is 97.4 cm³/mol. The van der Waals surface area contributed by atoms with Gasteiger partial charge in [-0.25, -0.2) is 20.0 Å². The third kappa shape index (κ3) is 8.00. The minimum Gasteiger partial charge on any atom is -0.443 e. The summed E-state index contributed by atoms with van der Waals surface area (Å²) in [6.45, 7) is 10.2. The number of hydrogen-bond acceptors (Lipinski definition) is 5. The van der Waals surface area contributed by atoms with Gasteiger partial charge in [0.2, 0.25) is 0 Å². The smallest absolute Gasteiger partial charge is 0.429 e. The molecule has 1 N–H and O–H groups in total. The van der Waals surface area contributed by atoms with Gasteiger partial charge < -0.3 is 14.3 Å². The fourth-order valence-corrected chi connectivity index (χ4v) is 2.03. The van der Waals surface area contributed by atoms with E-state index in [4.69, 9.17) is 9.47 Å². The maximum Gasteiger partial charge on any atom is 0.429 e. The minimum absolute atomic E-state index is 0.222. The van der Waals surface area contributed by atoms with Gasteiger partial charge >= 0.3 is 12.2 Å². The van der Waals surface area contributed by atoms with E-state index >= 15 is 0 Å². The van der Waals surface area contributed by atoms with E-state index in [-0.39, 0.29) is 6.42 Å². The molecular weight excluding hydrogens is 336 g/mol. The first-order chi connectivity index (χ1) is 11.9. The number of hydrazine groups is 1. The van der Waals surface area contributed by atoms with Crippen molar-refractivity contribution in [1.29, 1.82) is 0 Å². The summed E-state index contributed by atoms with van der Waals surface area (Å²) >= 11 is 0. The Hall–Kier alpha value is -2.57. The van der Waals surface area contributed by atoms with Crippen molar-refractivity contribution in [2.24, 2.45) is 0 Å². The largest absolute Gasteiger partial charge is 0.443 e. The Bertz CT molecular complexity index is 617. The molecule has 144 valence electrons. The molecule has 26 heavy (non-hydrogen) atoms. The molecule has 7 heteroatoms. The summed E-state index contributed by atoms with van der Waals surface area (Å²) in [5, 5.41) is 0.874. The Morgan fingerprint density at radius 1 is 1.04 bits per heavy atom.